The van der Waals surface area contributed by atoms with Crippen molar-refractivity contribution in [3.05, 3.63) is 71.2 Å². The third-order valence-corrected chi connectivity index (χ3v) is 6.77. The van der Waals surface area contributed by atoms with E-state index in [2.05, 4.69) is 4.90 Å². The zero-order valence-electron chi connectivity index (χ0n) is 20.9. The molecule has 1 aromatic heterocycles. The molecule has 5 rings (SSSR count). The molecule has 2 aliphatic heterocycles. The number of ether oxygens (including phenoxy) is 3. The van der Waals surface area contributed by atoms with Crippen molar-refractivity contribution >= 4 is 22.7 Å². The van der Waals surface area contributed by atoms with Crippen molar-refractivity contribution < 1.29 is 33.3 Å². The van der Waals surface area contributed by atoms with Gasteiger partial charge in [-0.05, 0) is 36.8 Å². The number of nitrogens with zero attached hydrogens (tertiary/aromatic N) is 2. The average molecular weight is 507 g/mol. The van der Waals surface area contributed by atoms with Crippen molar-refractivity contribution in [1.82, 2.24) is 9.80 Å². The number of ketones is 1. The topological polar surface area (TPSA) is 102 Å². The van der Waals surface area contributed by atoms with Gasteiger partial charge >= 0.3 is 0 Å². The lowest BCUT2D eigenvalue weighted by Gasteiger charge is -2.31. The molecule has 2 aromatic carbocycles. The number of benzene rings is 2. The molecule has 1 unspecified atom stereocenters. The third kappa shape index (κ3) is 4.80. The lowest BCUT2D eigenvalue weighted by atomic mass is 9.95. The Balaban J connectivity index is 1.51. The minimum atomic E-state index is -0.771. The van der Waals surface area contributed by atoms with Crippen LogP contribution in [0, 0.1) is 0 Å². The highest BCUT2D eigenvalue weighted by atomic mass is 16.5. The number of hydrogen-bond acceptors (Lipinski definition) is 8. The van der Waals surface area contributed by atoms with Gasteiger partial charge in [0.05, 0.1) is 38.5 Å². The number of amides is 1. The van der Waals surface area contributed by atoms with Crippen LogP contribution in [0.3, 0.4) is 0 Å². The smallest absolute Gasteiger partial charge is 0.290 e. The molecule has 0 spiro atoms. The van der Waals surface area contributed by atoms with E-state index in [1.807, 2.05) is 25.1 Å². The minimum Gasteiger partial charge on any atom is -0.503 e. The van der Waals surface area contributed by atoms with Crippen LogP contribution in [-0.2, 0) is 9.53 Å². The van der Waals surface area contributed by atoms with E-state index < -0.39 is 23.5 Å². The highest BCUT2D eigenvalue weighted by Gasteiger charge is 2.44. The van der Waals surface area contributed by atoms with Gasteiger partial charge in [0.1, 0.15) is 5.75 Å². The molecule has 3 aromatic rings. The minimum absolute atomic E-state index is 0.00541. The molecular weight excluding hydrogens is 476 g/mol. The summed E-state index contributed by atoms with van der Waals surface area (Å²) in [6.07, 6.45) is 0. The number of Topliss-reactive ketones (excluding diaryl/α,β-unsaturated/α-hetero) is 1. The SMILES string of the molecule is CCOc1ccc(C2C(C(=O)c3cc4cccc(OC)c4o3)=C(O)C(=O)N2CCN2CCOCC2)cc1. The Morgan fingerprint density at radius 1 is 1.11 bits per heavy atom. The van der Waals surface area contributed by atoms with Gasteiger partial charge in [0.2, 0.25) is 5.78 Å². The summed E-state index contributed by atoms with van der Waals surface area (Å²) in [6.45, 7) is 6.16. The second-order valence-corrected chi connectivity index (χ2v) is 8.94. The monoisotopic (exact) mass is 506 g/mol. The Kier molecular flexibility index (Phi) is 7.16. The Morgan fingerprint density at radius 3 is 2.57 bits per heavy atom. The van der Waals surface area contributed by atoms with E-state index in [1.54, 1.807) is 35.2 Å². The van der Waals surface area contributed by atoms with Crippen molar-refractivity contribution in [2.24, 2.45) is 0 Å². The van der Waals surface area contributed by atoms with Crippen molar-refractivity contribution in [2.75, 3.05) is 53.1 Å². The number of aliphatic hydroxyl groups is 1. The van der Waals surface area contributed by atoms with Crippen molar-refractivity contribution in [3.63, 3.8) is 0 Å². The van der Waals surface area contributed by atoms with E-state index in [0.717, 1.165) is 13.1 Å². The molecule has 0 bridgehead atoms. The summed E-state index contributed by atoms with van der Waals surface area (Å²) in [5.41, 5.74) is 1.12. The van der Waals surface area contributed by atoms with Crippen LogP contribution >= 0.6 is 0 Å². The van der Waals surface area contributed by atoms with Gasteiger partial charge in [-0.1, -0.05) is 24.3 Å². The van der Waals surface area contributed by atoms with E-state index in [9.17, 15) is 14.7 Å². The molecule has 3 heterocycles. The average Bonchev–Trinajstić information content (AvgIpc) is 3.47. The molecule has 1 amide bonds. The maximum Gasteiger partial charge on any atom is 0.290 e. The third-order valence-electron chi connectivity index (χ3n) is 6.77. The summed E-state index contributed by atoms with van der Waals surface area (Å²) in [7, 11) is 1.52. The summed E-state index contributed by atoms with van der Waals surface area (Å²) < 4.78 is 22.2. The number of furan rings is 1. The van der Waals surface area contributed by atoms with Gasteiger partial charge in [-0.3, -0.25) is 14.5 Å². The van der Waals surface area contributed by atoms with Crippen LogP contribution in [0.2, 0.25) is 0 Å². The number of carbonyl (C=O) groups excluding carboxylic acids is 2. The number of carbonyl (C=O) groups is 2. The molecule has 194 valence electrons. The van der Waals surface area contributed by atoms with Crippen LogP contribution in [0.25, 0.3) is 11.0 Å². The van der Waals surface area contributed by atoms with Gasteiger partial charge in [-0.15, -0.1) is 0 Å². The maximum atomic E-state index is 13.8. The summed E-state index contributed by atoms with van der Waals surface area (Å²) in [5.74, 6) is -0.479. The molecule has 9 heteroatoms. The first-order chi connectivity index (χ1) is 18.0. The summed E-state index contributed by atoms with van der Waals surface area (Å²) >= 11 is 0. The second kappa shape index (κ2) is 10.7. The molecule has 0 saturated carbocycles. The molecule has 0 radical (unpaired) electrons. The van der Waals surface area contributed by atoms with Crippen molar-refractivity contribution in [2.45, 2.75) is 13.0 Å². The largest absolute Gasteiger partial charge is 0.503 e. The van der Waals surface area contributed by atoms with Gasteiger partial charge in [0.15, 0.2) is 22.9 Å². The zero-order chi connectivity index (χ0) is 25.9. The van der Waals surface area contributed by atoms with Crippen molar-refractivity contribution in [3.8, 4) is 11.5 Å². The van der Waals surface area contributed by atoms with Crippen LogP contribution in [-0.4, -0.2) is 79.7 Å². The van der Waals surface area contributed by atoms with Gasteiger partial charge in [0.25, 0.3) is 5.91 Å². The normalized spacial score (nSPS) is 18.6. The highest BCUT2D eigenvalue weighted by Crippen LogP contribution is 2.40. The number of methoxy groups -OCH3 is 1. The van der Waals surface area contributed by atoms with Crippen LogP contribution in [0.1, 0.15) is 29.1 Å². The van der Waals surface area contributed by atoms with E-state index in [0.29, 0.717) is 60.9 Å². The number of rotatable bonds is 9. The lowest BCUT2D eigenvalue weighted by molar-refractivity contribution is -0.129. The molecule has 9 nitrogen and oxygen atoms in total. The fourth-order valence-electron chi connectivity index (χ4n) is 4.89. The van der Waals surface area contributed by atoms with E-state index >= 15 is 0 Å². The fourth-order valence-corrected chi connectivity index (χ4v) is 4.89. The number of morpholine rings is 1. The Bertz CT molecular complexity index is 1320. The summed E-state index contributed by atoms with van der Waals surface area (Å²) in [6, 6.07) is 13.4. The standard InChI is InChI=1S/C28H30N2O7/c1-3-36-20-9-7-18(8-10-20)24-23(25(31)22-17-19-5-4-6-21(34-2)27(19)37-22)26(32)28(33)30(24)12-11-29-13-15-35-16-14-29/h4-10,17,24,32H,3,11-16H2,1-2H3. The lowest BCUT2D eigenvalue weighted by Crippen LogP contribution is -2.43. The summed E-state index contributed by atoms with van der Waals surface area (Å²) in [5, 5.41) is 11.7. The van der Waals surface area contributed by atoms with Crippen LogP contribution in [0.5, 0.6) is 11.5 Å². The predicted molar refractivity (Wildman–Crippen MR) is 136 cm³/mol. The fraction of sp³-hybridized carbons (Fsp3) is 0.357. The number of para-hydroxylation sites is 1. The Labute approximate surface area is 214 Å². The second-order valence-electron chi connectivity index (χ2n) is 8.94. The number of hydrogen-bond donors (Lipinski definition) is 1. The first-order valence-electron chi connectivity index (χ1n) is 12.4. The molecular formula is C28H30N2O7. The first-order valence-corrected chi connectivity index (χ1v) is 12.4. The summed E-state index contributed by atoms with van der Waals surface area (Å²) in [4.78, 5) is 30.8. The highest BCUT2D eigenvalue weighted by molar-refractivity contribution is 6.16. The molecule has 1 fully saturated rings. The molecule has 1 saturated heterocycles. The van der Waals surface area contributed by atoms with Gasteiger partial charge in [0, 0.05) is 31.6 Å². The zero-order valence-corrected chi connectivity index (χ0v) is 20.9. The van der Waals surface area contributed by atoms with E-state index in [-0.39, 0.29) is 11.3 Å². The Hall–Kier alpha value is -3.82. The molecule has 37 heavy (non-hydrogen) atoms. The number of fused-ring (bicyclic) bond motifs is 1. The van der Waals surface area contributed by atoms with Gasteiger partial charge < -0.3 is 28.6 Å². The predicted octanol–water partition coefficient (Wildman–Crippen LogP) is 3.75. The number of aliphatic hydroxyl groups excluding tert-OH is 1. The maximum absolute atomic E-state index is 13.8. The van der Waals surface area contributed by atoms with Gasteiger partial charge in [-0.2, -0.15) is 0 Å². The molecule has 1 atom stereocenters. The Morgan fingerprint density at radius 2 is 1.86 bits per heavy atom. The molecule has 2 aliphatic rings. The van der Waals surface area contributed by atoms with Crippen molar-refractivity contribution in [1.29, 1.82) is 0 Å². The van der Waals surface area contributed by atoms with Crippen LogP contribution < -0.4 is 9.47 Å². The van der Waals surface area contributed by atoms with E-state index in [4.69, 9.17) is 18.6 Å². The van der Waals surface area contributed by atoms with Crippen LogP contribution in [0.4, 0.5) is 0 Å². The van der Waals surface area contributed by atoms with Gasteiger partial charge in [-0.25, -0.2) is 0 Å². The molecule has 0 aliphatic carbocycles. The molecule has 1 N–H and O–H groups in total. The van der Waals surface area contributed by atoms with Crippen LogP contribution in [0.15, 0.2) is 64.3 Å². The quantitative estimate of drug-likeness (QED) is 0.438. The first kappa shape index (κ1) is 24.9. The van der Waals surface area contributed by atoms with E-state index in [1.165, 1.54) is 7.11 Å².